The number of hydrogen-bond donors (Lipinski definition) is 2. The Morgan fingerprint density at radius 2 is 2.14 bits per heavy atom. The van der Waals surface area contributed by atoms with Gasteiger partial charge in [-0.3, -0.25) is 4.79 Å². The first-order valence-corrected chi connectivity index (χ1v) is 4.93. The third-order valence-corrected chi connectivity index (χ3v) is 2.48. The van der Waals surface area contributed by atoms with Gasteiger partial charge in [0.05, 0.1) is 18.1 Å². The minimum atomic E-state index is -0.437. The summed E-state index contributed by atoms with van der Waals surface area (Å²) in [7, 11) is 1.72. The lowest BCUT2D eigenvalue weighted by atomic mass is 9.91. The Bertz CT molecular complexity index is 176. The molecule has 84 valence electrons. The van der Waals surface area contributed by atoms with E-state index in [1.807, 2.05) is 20.8 Å². The van der Waals surface area contributed by atoms with E-state index in [9.17, 15) is 4.79 Å². The molecule has 0 bridgehead atoms. The molecule has 0 aromatic carbocycles. The van der Waals surface area contributed by atoms with Gasteiger partial charge in [0.25, 0.3) is 0 Å². The summed E-state index contributed by atoms with van der Waals surface area (Å²) in [5.41, 5.74) is -0.437. The van der Waals surface area contributed by atoms with Crippen molar-refractivity contribution < 1.29 is 14.6 Å². The number of carbonyl (C=O) groups excluding carboxylic acids is 1. The number of nitrogens with one attached hydrogen (secondary N) is 1. The molecular formula is C10H21NO3. The van der Waals surface area contributed by atoms with Gasteiger partial charge >= 0.3 is 5.97 Å². The maximum absolute atomic E-state index is 11.5. The van der Waals surface area contributed by atoms with E-state index in [1.165, 1.54) is 0 Å². The van der Waals surface area contributed by atoms with Crippen molar-refractivity contribution in [3.8, 4) is 0 Å². The minimum Gasteiger partial charge on any atom is -0.464 e. The quantitative estimate of drug-likeness (QED) is 0.619. The summed E-state index contributed by atoms with van der Waals surface area (Å²) < 4.78 is 5.08. The second-order valence-electron chi connectivity index (χ2n) is 4.00. The van der Waals surface area contributed by atoms with Crippen molar-refractivity contribution in [3.63, 3.8) is 0 Å². The van der Waals surface area contributed by atoms with E-state index in [4.69, 9.17) is 9.84 Å². The van der Waals surface area contributed by atoms with E-state index in [2.05, 4.69) is 5.32 Å². The molecule has 0 spiro atoms. The predicted octanol–water partition coefficient (Wildman–Crippen LogP) is 0.546. The molecule has 0 aromatic rings. The Balaban J connectivity index is 3.95. The number of aliphatic hydroxyl groups excluding tert-OH is 1. The van der Waals surface area contributed by atoms with Crippen molar-refractivity contribution in [2.75, 3.05) is 20.3 Å². The van der Waals surface area contributed by atoms with E-state index in [0.717, 1.165) is 6.42 Å². The molecule has 0 aliphatic heterocycles. The first-order valence-electron chi connectivity index (χ1n) is 4.93. The van der Waals surface area contributed by atoms with E-state index in [1.54, 1.807) is 7.05 Å². The molecule has 0 aliphatic rings. The lowest BCUT2D eigenvalue weighted by Gasteiger charge is -2.22. The maximum Gasteiger partial charge on any atom is 0.311 e. The predicted molar refractivity (Wildman–Crippen MR) is 55.0 cm³/mol. The van der Waals surface area contributed by atoms with Crippen LogP contribution >= 0.6 is 0 Å². The fourth-order valence-corrected chi connectivity index (χ4v) is 0.743. The molecule has 0 saturated heterocycles. The largest absolute Gasteiger partial charge is 0.464 e. The van der Waals surface area contributed by atoms with Gasteiger partial charge in [0, 0.05) is 0 Å². The molecule has 14 heavy (non-hydrogen) atoms. The van der Waals surface area contributed by atoms with Gasteiger partial charge in [0.1, 0.15) is 6.61 Å². The summed E-state index contributed by atoms with van der Waals surface area (Å²) in [5, 5.41) is 11.7. The van der Waals surface area contributed by atoms with Crippen LogP contribution in [-0.2, 0) is 9.53 Å². The molecule has 0 fully saturated rings. The van der Waals surface area contributed by atoms with Gasteiger partial charge in [-0.05, 0) is 27.3 Å². The zero-order valence-corrected chi connectivity index (χ0v) is 9.46. The third kappa shape index (κ3) is 4.07. The second-order valence-corrected chi connectivity index (χ2v) is 4.00. The molecule has 0 aliphatic carbocycles. The van der Waals surface area contributed by atoms with Gasteiger partial charge < -0.3 is 15.2 Å². The van der Waals surface area contributed by atoms with Gasteiger partial charge in [-0.2, -0.15) is 0 Å². The topological polar surface area (TPSA) is 58.6 Å². The highest BCUT2D eigenvalue weighted by atomic mass is 16.5. The minimum absolute atomic E-state index is 0.0314. The molecule has 1 unspecified atom stereocenters. The van der Waals surface area contributed by atoms with Crippen LogP contribution in [0.1, 0.15) is 27.2 Å². The van der Waals surface area contributed by atoms with Gasteiger partial charge in [-0.1, -0.05) is 6.92 Å². The summed E-state index contributed by atoms with van der Waals surface area (Å²) >= 11 is 0. The normalized spacial score (nSPS) is 13.8. The molecule has 4 heteroatoms. The lowest BCUT2D eigenvalue weighted by molar-refractivity contribution is -0.155. The third-order valence-electron chi connectivity index (χ3n) is 2.48. The van der Waals surface area contributed by atoms with Crippen molar-refractivity contribution in [3.05, 3.63) is 0 Å². The van der Waals surface area contributed by atoms with E-state index in [-0.39, 0.29) is 25.2 Å². The molecule has 1 atom stereocenters. The molecule has 4 nitrogen and oxygen atoms in total. The Morgan fingerprint density at radius 1 is 1.57 bits per heavy atom. The molecule has 0 saturated carbocycles. The molecule has 0 heterocycles. The van der Waals surface area contributed by atoms with E-state index in [0.29, 0.717) is 0 Å². The van der Waals surface area contributed by atoms with Crippen molar-refractivity contribution in [1.29, 1.82) is 0 Å². The number of rotatable bonds is 6. The number of ether oxygens (including phenoxy) is 1. The lowest BCUT2D eigenvalue weighted by Crippen LogP contribution is -2.37. The van der Waals surface area contributed by atoms with Gasteiger partial charge in [-0.15, -0.1) is 0 Å². The number of carbonyl (C=O) groups is 1. The van der Waals surface area contributed by atoms with Crippen molar-refractivity contribution in [2.45, 2.75) is 33.2 Å². The Hall–Kier alpha value is -0.610. The second kappa shape index (κ2) is 5.98. The fourth-order valence-electron chi connectivity index (χ4n) is 0.743. The maximum atomic E-state index is 11.5. The van der Waals surface area contributed by atoms with Gasteiger partial charge in [0.15, 0.2) is 0 Å². The van der Waals surface area contributed by atoms with Crippen molar-refractivity contribution in [2.24, 2.45) is 5.41 Å². The average molecular weight is 203 g/mol. The van der Waals surface area contributed by atoms with Crippen LogP contribution in [0.3, 0.4) is 0 Å². The molecule has 0 rings (SSSR count). The molecule has 2 N–H and O–H groups in total. The first-order chi connectivity index (χ1) is 6.47. The number of hydrogen-bond acceptors (Lipinski definition) is 4. The average Bonchev–Trinajstić information content (AvgIpc) is 2.19. The monoisotopic (exact) mass is 203 g/mol. The Morgan fingerprint density at radius 3 is 2.50 bits per heavy atom. The summed E-state index contributed by atoms with van der Waals surface area (Å²) in [5.74, 6) is -0.214. The molecular weight excluding hydrogens is 182 g/mol. The highest BCUT2D eigenvalue weighted by Gasteiger charge is 2.27. The Kier molecular flexibility index (Phi) is 5.72. The van der Waals surface area contributed by atoms with Crippen LogP contribution in [0.25, 0.3) is 0 Å². The Labute approximate surface area is 85.6 Å². The summed E-state index contributed by atoms with van der Waals surface area (Å²) in [6, 6.07) is -0.174. The molecule has 0 aromatic heterocycles. The van der Waals surface area contributed by atoms with Gasteiger partial charge in [-0.25, -0.2) is 0 Å². The van der Waals surface area contributed by atoms with Crippen LogP contribution in [0.5, 0.6) is 0 Å². The first kappa shape index (κ1) is 13.4. The van der Waals surface area contributed by atoms with Crippen LogP contribution < -0.4 is 5.32 Å². The van der Waals surface area contributed by atoms with Crippen molar-refractivity contribution >= 4 is 5.97 Å². The smallest absolute Gasteiger partial charge is 0.311 e. The van der Waals surface area contributed by atoms with E-state index < -0.39 is 5.41 Å². The molecule has 0 radical (unpaired) electrons. The summed E-state index contributed by atoms with van der Waals surface area (Å²) in [4.78, 5) is 11.5. The zero-order chi connectivity index (χ0) is 11.2. The van der Waals surface area contributed by atoms with Crippen LogP contribution in [-0.4, -0.2) is 37.4 Å². The van der Waals surface area contributed by atoms with Crippen LogP contribution in [0.4, 0.5) is 0 Å². The van der Waals surface area contributed by atoms with Gasteiger partial charge in [0.2, 0.25) is 0 Å². The van der Waals surface area contributed by atoms with Crippen LogP contribution in [0.2, 0.25) is 0 Å². The number of aliphatic hydroxyl groups is 1. The SMILES string of the molecule is CCC(C)(C)C(=O)OCC(CO)NC. The fraction of sp³-hybridized carbons (Fsp3) is 0.900. The standard InChI is InChI=1S/C10H21NO3/c1-5-10(2,3)9(13)14-7-8(6-12)11-4/h8,11-12H,5-7H2,1-4H3. The van der Waals surface area contributed by atoms with Crippen molar-refractivity contribution in [1.82, 2.24) is 5.32 Å². The highest BCUT2D eigenvalue weighted by Crippen LogP contribution is 2.21. The number of esters is 1. The zero-order valence-electron chi connectivity index (χ0n) is 9.46. The summed E-state index contributed by atoms with van der Waals surface area (Å²) in [6.07, 6.45) is 0.745. The highest BCUT2D eigenvalue weighted by molar-refractivity contribution is 5.75. The summed E-state index contributed by atoms with van der Waals surface area (Å²) in [6.45, 7) is 5.83. The number of likely N-dealkylation sites (N-methyl/N-ethyl adjacent to an activating group) is 1. The van der Waals surface area contributed by atoms with Crippen LogP contribution in [0, 0.1) is 5.41 Å². The molecule has 0 amide bonds. The van der Waals surface area contributed by atoms with E-state index >= 15 is 0 Å². The van der Waals surface area contributed by atoms with Crippen LogP contribution in [0.15, 0.2) is 0 Å².